The number of nitrogens with one attached hydrogen (secondary N) is 4. The average Bonchev–Trinajstić information content (AvgIpc) is 3.14. The summed E-state index contributed by atoms with van der Waals surface area (Å²) in [6.45, 7) is -0.567. The highest BCUT2D eigenvalue weighted by atomic mass is 19.4. The lowest BCUT2D eigenvalue weighted by Crippen LogP contribution is -2.47. The highest BCUT2D eigenvalue weighted by Gasteiger charge is 2.30. The molecular weight excluding hydrogens is 429 g/mol. The Morgan fingerprint density at radius 3 is 2.53 bits per heavy atom. The SMILES string of the molecule is O=C(CNC(=O)Nc1cccc(C(F)(F)F)c1)N[C@H](Cc1c[nH]c2ccccc12)C(=O)O. The van der Waals surface area contributed by atoms with Crippen LogP contribution in [0.2, 0.25) is 0 Å². The monoisotopic (exact) mass is 448 g/mol. The third-order valence-electron chi connectivity index (χ3n) is 4.59. The zero-order valence-electron chi connectivity index (χ0n) is 16.5. The highest BCUT2D eigenvalue weighted by molar-refractivity contribution is 5.93. The van der Waals surface area contributed by atoms with E-state index in [0.29, 0.717) is 5.56 Å². The Balaban J connectivity index is 1.54. The fraction of sp³-hybridized carbons (Fsp3) is 0.190. The van der Waals surface area contributed by atoms with Crippen LogP contribution < -0.4 is 16.0 Å². The number of carbonyl (C=O) groups is 3. The van der Waals surface area contributed by atoms with Crippen LogP contribution in [0.25, 0.3) is 10.9 Å². The highest BCUT2D eigenvalue weighted by Crippen LogP contribution is 2.30. The number of aromatic amines is 1. The maximum Gasteiger partial charge on any atom is 0.416 e. The molecule has 5 N–H and O–H groups in total. The van der Waals surface area contributed by atoms with Crippen LogP contribution in [0.1, 0.15) is 11.1 Å². The first-order valence-corrected chi connectivity index (χ1v) is 9.43. The third kappa shape index (κ3) is 5.78. The van der Waals surface area contributed by atoms with Crippen molar-refractivity contribution in [3.8, 4) is 0 Å². The van der Waals surface area contributed by atoms with Gasteiger partial charge in [0, 0.05) is 29.2 Å². The Hall–Kier alpha value is -4.02. The van der Waals surface area contributed by atoms with Crippen molar-refractivity contribution >= 4 is 34.5 Å². The number of aromatic nitrogens is 1. The molecule has 0 spiro atoms. The lowest BCUT2D eigenvalue weighted by Gasteiger charge is -2.15. The smallest absolute Gasteiger partial charge is 0.416 e. The molecule has 0 unspecified atom stereocenters. The predicted molar refractivity (Wildman–Crippen MR) is 110 cm³/mol. The van der Waals surface area contributed by atoms with E-state index >= 15 is 0 Å². The summed E-state index contributed by atoms with van der Waals surface area (Å²) in [6, 6.07) is 9.14. The number of para-hydroxylation sites is 1. The Morgan fingerprint density at radius 2 is 1.81 bits per heavy atom. The number of carbonyl (C=O) groups excluding carboxylic acids is 2. The summed E-state index contributed by atoms with van der Waals surface area (Å²) in [7, 11) is 0. The minimum atomic E-state index is -4.56. The van der Waals surface area contributed by atoms with Crippen molar-refractivity contribution < 1.29 is 32.7 Å². The fourth-order valence-corrected chi connectivity index (χ4v) is 3.07. The summed E-state index contributed by atoms with van der Waals surface area (Å²) < 4.78 is 38.2. The van der Waals surface area contributed by atoms with Crippen LogP contribution in [-0.4, -0.2) is 40.6 Å². The van der Waals surface area contributed by atoms with Gasteiger partial charge in [-0.2, -0.15) is 13.2 Å². The number of benzene rings is 2. The topological polar surface area (TPSA) is 123 Å². The number of alkyl halides is 3. The molecule has 1 aromatic heterocycles. The second kappa shape index (κ2) is 9.41. The van der Waals surface area contributed by atoms with Crippen LogP contribution >= 0.6 is 0 Å². The quantitative estimate of drug-likeness (QED) is 0.381. The van der Waals surface area contributed by atoms with Crippen LogP contribution in [0.4, 0.5) is 23.7 Å². The van der Waals surface area contributed by atoms with Crippen LogP contribution in [0.5, 0.6) is 0 Å². The van der Waals surface area contributed by atoms with Gasteiger partial charge in [0.05, 0.1) is 12.1 Å². The van der Waals surface area contributed by atoms with Crippen molar-refractivity contribution in [1.29, 1.82) is 0 Å². The molecule has 0 aliphatic heterocycles. The number of hydrogen-bond donors (Lipinski definition) is 5. The van der Waals surface area contributed by atoms with Crippen molar-refractivity contribution in [3.05, 3.63) is 65.9 Å². The summed E-state index contributed by atoms with van der Waals surface area (Å²) in [6.07, 6.45) is -2.89. The first-order chi connectivity index (χ1) is 15.1. The molecule has 1 atom stereocenters. The summed E-state index contributed by atoms with van der Waals surface area (Å²) in [5.74, 6) is -2.02. The molecule has 3 rings (SSSR count). The molecule has 8 nitrogen and oxygen atoms in total. The molecule has 0 bridgehead atoms. The van der Waals surface area contributed by atoms with Crippen LogP contribution in [0.3, 0.4) is 0 Å². The lowest BCUT2D eigenvalue weighted by atomic mass is 10.1. The van der Waals surface area contributed by atoms with Crippen LogP contribution in [0.15, 0.2) is 54.7 Å². The van der Waals surface area contributed by atoms with Gasteiger partial charge in [-0.1, -0.05) is 24.3 Å². The maximum absolute atomic E-state index is 12.7. The molecule has 3 amide bonds. The van der Waals surface area contributed by atoms with E-state index in [1.54, 1.807) is 12.3 Å². The van der Waals surface area contributed by atoms with E-state index in [-0.39, 0.29) is 12.1 Å². The molecule has 2 aromatic carbocycles. The van der Waals surface area contributed by atoms with Gasteiger partial charge in [-0.05, 0) is 29.8 Å². The maximum atomic E-state index is 12.7. The van der Waals surface area contributed by atoms with Crippen LogP contribution in [0, 0.1) is 0 Å². The zero-order chi connectivity index (χ0) is 23.3. The number of anilines is 1. The average molecular weight is 448 g/mol. The molecule has 1 heterocycles. The fourth-order valence-electron chi connectivity index (χ4n) is 3.07. The molecule has 0 saturated heterocycles. The van der Waals surface area contributed by atoms with Gasteiger partial charge >= 0.3 is 18.2 Å². The number of carboxylic acids is 1. The molecular formula is C21H19F3N4O4. The summed E-state index contributed by atoms with van der Waals surface area (Å²) in [4.78, 5) is 38.6. The number of urea groups is 1. The van der Waals surface area contributed by atoms with E-state index < -0.39 is 42.2 Å². The standard InChI is InChI=1S/C21H19F3N4O4/c22-21(23,24)13-4-3-5-14(9-13)27-20(32)26-11-18(29)28-17(19(30)31)8-12-10-25-16-7-2-1-6-15(12)16/h1-7,9-10,17,25H,8,11H2,(H,28,29)(H,30,31)(H2,26,27,32)/t17-/m1/s1. The Kier molecular flexibility index (Phi) is 6.67. The van der Waals surface area contributed by atoms with E-state index in [1.807, 2.05) is 18.2 Å². The van der Waals surface area contributed by atoms with Crippen molar-refractivity contribution in [2.75, 3.05) is 11.9 Å². The second-order valence-electron chi connectivity index (χ2n) is 6.91. The van der Waals surface area contributed by atoms with E-state index in [0.717, 1.165) is 29.1 Å². The van der Waals surface area contributed by atoms with Crippen molar-refractivity contribution in [3.63, 3.8) is 0 Å². The number of carboxylic acid groups (broad SMARTS) is 1. The largest absolute Gasteiger partial charge is 0.480 e. The molecule has 0 radical (unpaired) electrons. The Bertz CT molecular complexity index is 1140. The molecule has 0 aliphatic carbocycles. The minimum Gasteiger partial charge on any atom is -0.480 e. The predicted octanol–water partition coefficient (Wildman–Crippen LogP) is 3.12. The van der Waals surface area contributed by atoms with E-state index in [4.69, 9.17) is 0 Å². The van der Waals surface area contributed by atoms with Crippen molar-refractivity contribution in [2.24, 2.45) is 0 Å². The molecule has 0 fully saturated rings. The van der Waals surface area contributed by atoms with Crippen LogP contribution in [-0.2, 0) is 22.2 Å². The van der Waals surface area contributed by atoms with E-state index in [2.05, 4.69) is 20.9 Å². The molecule has 32 heavy (non-hydrogen) atoms. The summed E-state index contributed by atoms with van der Waals surface area (Å²) >= 11 is 0. The third-order valence-corrected chi connectivity index (χ3v) is 4.59. The number of amides is 3. The van der Waals surface area contributed by atoms with Crippen molar-refractivity contribution in [1.82, 2.24) is 15.6 Å². The molecule has 0 aliphatic rings. The molecule has 3 aromatic rings. The normalized spacial score (nSPS) is 12.2. The van der Waals surface area contributed by atoms with Gasteiger partial charge < -0.3 is 26.0 Å². The lowest BCUT2D eigenvalue weighted by molar-refractivity contribution is -0.141. The van der Waals surface area contributed by atoms with E-state index in [9.17, 15) is 32.7 Å². The summed E-state index contributed by atoms with van der Waals surface area (Å²) in [5, 5.41) is 17.0. The number of aliphatic carboxylic acids is 1. The van der Waals surface area contributed by atoms with Gasteiger partial charge in [-0.3, -0.25) is 4.79 Å². The van der Waals surface area contributed by atoms with Gasteiger partial charge in [-0.15, -0.1) is 0 Å². The zero-order valence-corrected chi connectivity index (χ0v) is 16.5. The number of hydrogen-bond acceptors (Lipinski definition) is 3. The molecule has 0 saturated carbocycles. The first kappa shape index (κ1) is 22.7. The van der Waals surface area contributed by atoms with Crippen molar-refractivity contribution in [2.45, 2.75) is 18.6 Å². The van der Waals surface area contributed by atoms with Gasteiger partial charge in [0.25, 0.3) is 0 Å². The first-order valence-electron chi connectivity index (χ1n) is 9.43. The number of fused-ring (bicyclic) bond motifs is 1. The second-order valence-corrected chi connectivity index (χ2v) is 6.91. The number of rotatable bonds is 7. The minimum absolute atomic E-state index is 0.0154. The molecule has 168 valence electrons. The van der Waals surface area contributed by atoms with Gasteiger partial charge in [0.1, 0.15) is 6.04 Å². The number of H-pyrrole nitrogens is 1. The Morgan fingerprint density at radius 1 is 1.06 bits per heavy atom. The Labute approximate surface area is 179 Å². The molecule has 11 heteroatoms. The number of halogens is 3. The van der Waals surface area contributed by atoms with Gasteiger partial charge in [-0.25, -0.2) is 9.59 Å². The van der Waals surface area contributed by atoms with Gasteiger partial charge in [0.15, 0.2) is 0 Å². The van der Waals surface area contributed by atoms with E-state index in [1.165, 1.54) is 6.07 Å². The summed E-state index contributed by atoms with van der Waals surface area (Å²) in [5.41, 5.74) is 0.476. The van der Waals surface area contributed by atoms with Gasteiger partial charge in [0.2, 0.25) is 5.91 Å².